The van der Waals surface area contributed by atoms with Crippen LogP contribution in [0.4, 0.5) is 5.69 Å². The summed E-state index contributed by atoms with van der Waals surface area (Å²) < 4.78 is 1.55. The van der Waals surface area contributed by atoms with Crippen LogP contribution in [0.5, 0.6) is 0 Å². The van der Waals surface area contributed by atoms with Crippen molar-refractivity contribution in [2.45, 2.75) is 20.4 Å². The molecule has 7 nitrogen and oxygen atoms in total. The molecule has 0 aliphatic rings. The Labute approximate surface area is 133 Å². The Balaban J connectivity index is 1.79. The lowest BCUT2D eigenvalue weighted by molar-refractivity contribution is 0.101. The Morgan fingerprint density at radius 1 is 1.30 bits per heavy atom. The number of nitrogens with zero attached hydrogens (tertiary/aromatic N) is 4. The van der Waals surface area contributed by atoms with E-state index >= 15 is 0 Å². The Kier molecular flexibility index (Phi) is 4.29. The van der Waals surface area contributed by atoms with Crippen LogP contribution in [0.25, 0.3) is 5.78 Å². The number of aromatic nitrogens is 4. The van der Waals surface area contributed by atoms with Gasteiger partial charge in [-0.2, -0.15) is 4.98 Å². The fourth-order valence-electron chi connectivity index (χ4n) is 2.22. The summed E-state index contributed by atoms with van der Waals surface area (Å²) in [5, 5.41) is 10.3. The van der Waals surface area contributed by atoms with Crippen LogP contribution in [0.3, 0.4) is 0 Å². The summed E-state index contributed by atoms with van der Waals surface area (Å²) in [6.45, 7) is 5.59. The molecule has 1 amide bonds. The van der Waals surface area contributed by atoms with Gasteiger partial charge in [0.1, 0.15) is 0 Å². The predicted octanol–water partition coefficient (Wildman–Crippen LogP) is 1.79. The van der Waals surface area contributed by atoms with Gasteiger partial charge in [-0.1, -0.05) is 19.1 Å². The van der Waals surface area contributed by atoms with Gasteiger partial charge in [0.2, 0.25) is 5.82 Å². The SMILES string of the molecule is CCNCc1cccc(NC(=O)c2nc3nccc(C)n3n2)c1. The first-order valence-corrected chi connectivity index (χ1v) is 7.47. The highest BCUT2D eigenvalue weighted by atomic mass is 16.2. The number of hydrogen-bond acceptors (Lipinski definition) is 5. The van der Waals surface area contributed by atoms with Crippen molar-refractivity contribution in [1.82, 2.24) is 24.9 Å². The van der Waals surface area contributed by atoms with Gasteiger partial charge in [0.05, 0.1) is 0 Å². The van der Waals surface area contributed by atoms with E-state index in [1.54, 1.807) is 10.7 Å². The number of amides is 1. The van der Waals surface area contributed by atoms with Gasteiger partial charge in [0, 0.05) is 24.1 Å². The molecule has 2 aromatic heterocycles. The third-order valence-electron chi connectivity index (χ3n) is 3.40. The fraction of sp³-hybridized carbons (Fsp3) is 0.250. The molecule has 0 saturated heterocycles. The lowest BCUT2D eigenvalue weighted by atomic mass is 10.2. The molecule has 0 bridgehead atoms. The summed E-state index contributed by atoms with van der Waals surface area (Å²) >= 11 is 0. The van der Waals surface area contributed by atoms with Gasteiger partial charge in [-0.15, -0.1) is 5.10 Å². The van der Waals surface area contributed by atoms with Gasteiger partial charge >= 0.3 is 0 Å². The molecule has 0 spiro atoms. The van der Waals surface area contributed by atoms with E-state index < -0.39 is 0 Å². The summed E-state index contributed by atoms with van der Waals surface area (Å²) in [7, 11) is 0. The summed E-state index contributed by atoms with van der Waals surface area (Å²) in [6, 6.07) is 9.50. The van der Waals surface area contributed by atoms with Crippen molar-refractivity contribution in [3.63, 3.8) is 0 Å². The standard InChI is InChI=1S/C16H18N6O/c1-3-17-10-12-5-4-6-13(9-12)19-15(23)14-20-16-18-8-7-11(2)22(16)21-14/h4-9,17H,3,10H2,1-2H3,(H,19,23). The number of carbonyl (C=O) groups is 1. The van der Waals surface area contributed by atoms with Gasteiger partial charge in [0.25, 0.3) is 11.7 Å². The third-order valence-corrected chi connectivity index (χ3v) is 3.40. The Hall–Kier alpha value is -2.80. The maximum atomic E-state index is 12.3. The molecule has 0 aliphatic heterocycles. The zero-order valence-electron chi connectivity index (χ0n) is 13.1. The van der Waals surface area contributed by atoms with E-state index in [1.807, 2.05) is 37.3 Å². The quantitative estimate of drug-likeness (QED) is 0.750. The number of carbonyl (C=O) groups excluding carboxylic acids is 1. The highest BCUT2D eigenvalue weighted by Gasteiger charge is 2.14. The number of hydrogen-bond donors (Lipinski definition) is 2. The molecular formula is C16H18N6O. The molecule has 0 atom stereocenters. The van der Waals surface area contributed by atoms with Crippen LogP contribution in [-0.4, -0.2) is 32.0 Å². The van der Waals surface area contributed by atoms with Crippen molar-refractivity contribution in [2.75, 3.05) is 11.9 Å². The smallest absolute Gasteiger partial charge is 0.295 e. The van der Waals surface area contributed by atoms with Crippen molar-refractivity contribution in [1.29, 1.82) is 0 Å². The molecule has 1 aromatic carbocycles. The molecule has 0 saturated carbocycles. The molecule has 118 valence electrons. The van der Waals surface area contributed by atoms with Crippen LogP contribution in [0.15, 0.2) is 36.5 Å². The first-order chi connectivity index (χ1) is 11.2. The van der Waals surface area contributed by atoms with Crippen LogP contribution >= 0.6 is 0 Å². The highest BCUT2D eigenvalue weighted by Crippen LogP contribution is 2.12. The average Bonchev–Trinajstić information content (AvgIpc) is 2.99. The van der Waals surface area contributed by atoms with E-state index in [2.05, 4.69) is 32.6 Å². The van der Waals surface area contributed by atoms with Crippen molar-refractivity contribution in [2.24, 2.45) is 0 Å². The molecule has 3 rings (SSSR count). The second kappa shape index (κ2) is 6.53. The number of benzene rings is 1. The normalized spacial score (nSPS) is 10.9. The summed E-state index contributed by atoms with van der Waals surface area (Å²) in [6.07, 6.45) is 1.64. The fourth-order valence-corrected chi connectivity index (χ4v) is 2.22. The van der Waals surface area contributed by atoms with E-state index in [-0.39, 0.29) is 11.7 Å². The van der Waals surface area contributed by atoms with Crippen molar-refractivity contribution < 1.29 is 4.79 Å². The van der Waals surface area contributed by atoms with Crippen LogP contribution in [-0.2, 0) is 6.54 Å². The van der Waals surface area contributed by atoms with Crippen molar-refractivity contribution >= 4 is 17.4 Å². The number of rotatable bonds is 5. The summed E-state index contributed by atoms with van der Waals surface area (Å²) in [5.74, 6) is 0.162. The molecule has 3 aromatic rings. The first-order valence-electron chi connectivity index (χ1n) is 7.47. The van der Waals surface area contributed by atoms with E-state index in [0.717, 1.165) is 24.3 Å². The van der Waals surface area contributed by atoms with E-state index in [9.17, 15) is 4.79 Å². The van der Waals surface area contributed by atoms with Crippen LogP contribution < -0.4 is 10.6 Å². The molecule has 0 unspecified atom stereocenters. The predicted molar refractivity (Wildman–Crippen MR) is 87.3 cm³/mol. The molecule has 2 heterocycles. The molecular weight excluding hydrogens is 292 g/mol. The van der Waals surface area contributed by atoms with Gasteiger partial charge in [-0.05, 0) is 37.2 Å². The zero-order chi connectivity index (χ0) is 16.2. The van der Waals surface area contributed by atoms with E-state index in [1.165, 1.54) is 0 Å². The molecule has 0 radical (unpaired) electrons. The maximum Gasteiger partial charge on any atom is 0.295 e. The maximum absolute atomic E-state index is 12.3. The second-order valence-corrected chi connectivity index (χ2v) is 5.17. The Bertz CT molecular complexity index is 841. The van der Waals surface area contributed by atoms with Gasteiger partial charge in [-0.25, -0.2) is 9.50 Å². The topological polar surface area (TPSA) is 84.2 Å². The first kappa shape index (κ1) is 15.1. The average molecular weight is 310 g/mol. The number of aryl methyl sites for hydroxylation is 1. The monoisotopic (exact) mass is 310 g/mol. The minimum Gasteiger partial charge on any atom is -0.319 e. The summed E-state index contributed by atoms with van der Waals surface area (Å²) in [4.78, 5) is 20.6. The summed E-state index contributed by atoms with van der Waals surface area (Å²) in [5.41, 5.74) is 2.69. The third kappa shape index (κ3) is 3.35. The molecule has 2 N–H and O–H groups in total. The lowest BCUT2D eigenvalue weighted by Gasteiger charge is -2.06. The van der Waals surface area contributed by atoms with E-state index in [4.69, 9.17) is 0 Å². The van der Waals surface area contributed by atoms with Gasteiger partial charge in [-0.3, -0.25) is 4.79 Å². The van der Waals surface area contributed by atoms with Crippen molar-refractivity contribution in [3.8, 4) is 0 Å². The van der Waals surface area contributed by atoms with Gasteiger partial charge < -0.3 is 10.6 Å². The second-order valence-electron chi connectivity index (χ2n) is 5.17. The van der Waals surface area contributed by atoms with Crippen LogP contribution in [0.1, 0.15) is 28.8 Å². The highest BCUT2D eigenvalue weighted by molar-refractivity contribution is 6.01. The molecule has 23 heavy (non-hydrogen) atoms. The minimum absolute atomic E-state index is 0.101. The van der Waals surface area contributed by atoms with E-state index in [0.29, 0.717) is 11.5 Å². The number of nitrogens with one attached hydrogen (secondary N) is 2. The van der Waals surface area contributed by atoms with Crippen LogP contribution in [0, 0.1) is 6.92 Å². The van der Waals surface area contributed by atoms with Crippen LogP contribution in [0.2, 0.25) is 0 Å². The zero-order valence-corrected chi connectivity index (χ0v) is 13.1. The van der Waals surface area contributed by atoms with Gasteiger partial charge in [0.15, 0.2) is 0 Å². The molecule has 0 fully saturated rings. The Morgan fingerprint density at radius 3 is 2.96 bits per heavy atom. The minimum atomic E-state index is -0.351. The molecule has 0 aliphatic carbocycles. The Morgan fingerprint density at radius 2 is 2.17 bits per heavy atom. The molecule has 7 heteroatoms. The number of anilines is 1. The van der Waals surface area contributed by atoms with Crippen molar-refractivity contribution in [3.05, 3.63) is 53.6 Å². The largest absolute Gasteiger partial charge is 0.319 e. The lowest BCUT2D eigenvalue weighted by Crippen LogP contribution is -2.15. The number of fused-ring (bicyclic) bond motifs is 1.